The van der Waals surface area contributed by atoms with Gasteiger partial charge in [-0.25, -0.2) is 14.6 Å². The van der Waals surface area contributed by atoms with Crippen molar-refractivity contribution in [3.8, 4) is 5.75 Å². The maximum atomic E-state index is 12.7. The van der Waals surface area contributed by atoms with Gasteiger partial charge < -0.3 is 10.5 Å². The predicted molar refractivity (Wildman–Crippen MR) is 60.6 cm³/mol. The van der Waals surface area contributed by atoms with Gasteiger partial charge in [-0.1, -0.05) is 12.8 Å². The largest absolute Gasteiger partial charge is 0.420 e. The number of ether oxygens (including phenoxy) is 1. The highest BCUT2D eigenvalue weighted by atomic mass is 32.1. The van der Waals surface area contributed by atoms with E-state index in [4.69, 9.17) is 0 Å². The summed E-state index contributed by atoms with van der Waals surface area (Å²) >= 11 is 3.36. The van der Waals surface area contributed by atoms with Gasteiger partial charge in [-0.15, -0.1) is 0 Å². The van der Waals surface area contributed by atoms with E-state index in [1.54, 1.807) is 4.72 Å². The van der Waals surface area contributed by atoms with E-state index < -0.39 is 35.4 Å². The molecule has 0 aliphatic carbocycles. The van der Waals surface area contributed by atoms with Crippen LogP contribution in [0.25, 0.3) is 0 Å². The van der Waals surface area contributed by atoms with E-state index in [2.05, 4.69) is 28.3 Å². The van der Waals surface area contributed by atoms with E-state index in [1.165, 1.54) is 0 Å². The number of anilines is 1. The third kappa shape index (κ3) is 4.21. The molecule has 0 radical (unpaired) electrons. The van der Waals surface area contributed by atoms with Crippen LogP contribution in [0.2, 0.25) is 0 Å². The monoisotopic (exact) mass is 296 g/mol. The minimum atomic E-state index is -4.82. The van der Waals surface area contributed by atoms with Crippen molar-refractivity contribution in [2.45, 2.75) is 6.18 Å². The summed E-state index contributed by atoms with van der Waals surface area (Å²) in [4.78, 5) is 24.7. The SMILES string of the molecule is NC(=O)Oc1cnc(NC(=O)NS)c(C(F)(F)F)c1. The fourth-order valence-corrected chi connectivity index (χ4v) is 1.12. The first-order valence-corrected chi connectivity index (χ1v) is 4.94. The summed E-state index contributed by atoms with van der Waals surface area (Å²) in [6.45, 7) is 0. The van der Waals surface area contributed by atoms with Crippen LogP contribution in [0.5, 0.6) is 5.75 Å². The van der Waals surface area contributed by atoms with E-state index in [9.17, 15) is 22.8 Å². The fourth-order valence-electron chi connectivity index (χ4n) is 1.07. The Kier molecular flexibility index (Phi) is 4.43. The lowest BCUT2D eigenvalue weighted by Crippen LogP contribution is -2.24. The highest BCUT2D eigenvalue weighted by Crippen LogP contribution is 2.35. The van der Waals surface area contributed by atoms with Gasteiger partial charge in [-0.3, -0.25) is 10.0 Å². The smallest absolute Gasteiger partial charge is 0.409 e. The Morgan fingerprint density at radius 3 is 2.53 bits per heavy atom. The Hall–Kier alpha value is -2.17. The van der Waals surface area contributed by atoms with Crippen molar-refractivity contribution in [3.05, 3.63) is 17.8 Å². The molecule has 3 amide bonds. The molecule has 104 valence electrons. The normalized spacial score (nSPS) is 10.7. The van der Waals surface area contributed by atoms with Crippen LogP contribution in [0.4, 0.5) is 28.6 Å². The zero-order valence-electron chi connectivity index (χ0n) is 8.99. The molecule has 0 fully saturated rings. The van der Waals surface area contributed by atoms with Gasteiger partial charge in [-0.05, 0) is 6.07 Å². The number of urea groups is 1. The molecule has 0 aliphatic heterocycles. The summed E-state index contributed by atoms with van der Waals surface area (Å²) in [6, 6.07) is -0.531. The van der Waals surface area contributed by atoms with Crippen LogP contribution in [-0.2, 0) is 6.18 Å². The first kappa shape index (κ1) is 14.9. The van der Waals surface area contributed by atoms with Gasteiger partial charge in [0.1, 0.15) is 11.4 Å². The van der Waals surface area contributed by atoms with Gasteiger partial charge in [0, 0.05) is 0 Å². The first-order chi connectivity index (χ1) is 8.74. The molecule has 1 heterocycles. The molecular weight excluding hydrogens is 289 g/mol. The minimum absolute atomic E-state index is 0.478. The molecule has 1 aromatic rings. The van der Waals surface area contributed by atoms with Gasteiger partial charge in [0.15, 0.2) is 5.75 Å². The summed E-state index contributed by atoms with van der Waals surface area (Å²) in [6.07, 6.45) is -5.30. The van der Waals surface area contributed by atoms with Crippen LogP contribution in [0.1, 0.15) is 5.56 Å². The second-order valence-corrected chi connectivity index (χ2v) is 3.28. The Morgan fingerprint density at radius 2 is 2.05 bits per heavy atom. The third-order valence-electron chi connectivity index (χ3n) is 1.72. The highest BCUT2D eigenvalue weighted by Gasteiger charge is 2.35. The standard InChI is InChI=1S/C8H7F3N4O3S/c9-8(10,11)4-1-3(18-6(12)16)2-13-5(4)14-7(17)15-19/h1-2,19H,(H2,12,16)(H2,13,14,15,17). The summed E-state index contributed by atoms with van der Waals surface area (Å²) in [5, 5.41) is 1.82. The number of hydrogen-bond donors (Lipinski definition) is 4. The lowest BCUT2D eigenvalue weighted by atomic mass is 10.2. The number of halogens is 3. The molecule has 0 unspecified atom stereocenters. The number of nitrogens with zero attached hydrogens (tertiary/aromatic N) is 1. The number of rotatable bonds is 2. The number of thiol groups is 1. The van der Waals surface area contributed by atoms with Crippen LogP contribution in [0.15, 0.2) is 12.3 Å². The van der Waals surface area contributed by atoms with Crippen molar-refractivity contribution >= 4 is 30.8 Å². The molecule has 0 aromatic carbocycles. The number of carbonyl (C=O) groups excluding carboxylic acids is 2. The number of nitrogens with two attached hydrogens (primary N) is 1. The van der Waals surface area contributed by atoms with Gasteiger partial charge >= 0.3 is 18.3 Å². The molecule has 1 rings (SSSR count). The molecule has 0 atom stereocenters. The summed E-state index contributed by atoms with van der Waals surface area (Å²) in [5.74, 6) is -1.27. The lowest BCUT2D eigenvalue weighted by Gasteiger charge is -2.13. The number of alkyl halides is 3. The number of carbonyl (C=O) groups is 2. The summed E-state index contributed by atoms with van der Waals surface area (Å²) in [7, 11) is 0. The second-order valence-electron chi connectivity index (χ2n) is 3.05. The Balaban J connectivity index is 3.17. The molecule has 1 aromatic heterocycles. The fraction of sp³-hybridized carbons (Fsp3) is 0.125. The summed E-state index contributed by atoms with van der Waals surface area (Å²) < 4.78 is 44.2. The molecular formula is C8H7F3N4O3S. The van der Waals surface area contributed by atoms with Gasteiger partial charge in [0.2, 0.25) is 0 Å². The molecule has 11 heteroatoms. The van der Waals surface area contributed by atoms with Crippen LogP contribution in [0, 0.1) is 0 Å². The zero-order chi connectivity index (χ0) is 14.6. The van der Waals surface area contributed by atoms with Crippen molar-refractivity contribution in [2.75, 3.05) is 5.32 Å². The molecule has 0 saturated heterocycles. The minimum Gasteiger partial charge on any atom is -0.409 e. The zero-order valence-corrected chi connectivity index (χ0v) is 9.88. The molecule has 4 N–H and O–H groups in total. The van der Waals surface area contributed by atoms with Crippen molar-refractivity contribution in [2.24, 2.45) is 5.73 Å². The van der Waals surface area contributed by atoms with Crippen molar-refractivity contribution in [1.82, 2.24) is 9.71 Å². The van der Waals surface area contributed by atoms with Crippen LogP contribution >= 0.6 is 12.8 Å². The number of primary amides is 1. The van der Waals surface area contributed by atoms with E-state index in [0.29, 0.717) is 6.07 Å². The van der Waals surface area contributed by atoms with Crippen LogP contribution in [0.3, 0.4) is 0 Å². The topological polar surface area (TPSA) is 106 Å². The van der Waals surface area contributed by atoms with E-state index in [-0.39, 0.29) is 0 Å². The maximum absolute atomic E-state index is 12.7. The van der Waals surface area contributed by atoms with Crippen LogP contribution < -0.4 is 20.5 Å². The lowest BCUT2D eigenvalue weighted by molar-refractivity contribution is -0.137. The van der Waals surface area contributed by atoms with Crippen molar-refractivity contribution < 1.29 is 27.5 Å². The molecule has 0 spiro atoms. The highest BCUT2D eigenvalue weighted by molar-refractivity contribution is 7.78. The summed E-state index contributed by atoms with van der Waals surface area (Å²) in [5.41, 5.74) is 3.36. The Labute approximate surface area is 109 Å². The number of amides is 3. The van der Waals surface area contributed by atoms with E-state index in [0.717, 1.165) is 6.20 Å². The van der Waals surface area contributed by atoms with Gasteiger partial charge in [0.25, 0.3) is 0 Å². The Bertz CT molecular complexity index is 509. The number of aromatic nitrogens is 1. The van der Waals surface area contributed by atoms with E-state index in [1.807, 2.05) is 5.32 Å². The molecule has 0 saturated carbocycles. The van der Waals surface area contributed by atoms with Crippen molar-refractivity contribution in [3.63, 3.8) is 0 Å². The first-order valence-electron chi connectivity index (χ1n) is 4.49. The average Bonchev–Trinajstić information content (AvgIpc) is 2.28. The molecule has 0 aliphatic rings. The number of pyridine rings is 1. The maximum Gasteiger partial charge on any atom is 0.420 e. The van der Waals surface area contributed by atoms with Gasteiger partial charge in [0.05, 0.1) is 6.20 Å². The van der Waals surface area contributed by atoms with Crippen molar-refractivity contribution in [1.29, 1.82) is 0 Å². The molecule has 0 bridgehead atoms. The average molecular weight is 296 g/mol. The van der Waals surface area contributed by atoms with Crippen LogP contribution in [-0.4, -0.2) is 17.1 Å². The molecule has 19 heavy (non-hydrogen) atoms. The second kappa shape index (κ2) is 5.65. The third-order valence-corrected chi connectivity index (χ3v) is 1.92. The molecule has 7 nitrogen and oxygen atoms in total. The number of nitrogens with one attached hydrogen (secondary N) is 2. The van der Waals surface area contributed by atoms with E-state index >= 15 is 0 Å². The quantitative estimate of drug-likeness (QED) is 0.621. The Morgan fingerprint density at radius 1 is 1.42 bits per heavy atom. The predicted octanol–water partition coefficient (Wildman–Crippen LogP) is 1.52. The number of hydrogen-bond acceptors (Lipinski definition) is 5. The van der Waals surface area contributed by atoms with Gasteiger partial charge in [-0.2, -0.15) is 13.2 Å².